The van der Waals surface area contributed by atoms with Crippen molar-refractivity contribution in [1.82, 2.24) is 0 Å². The number of carbonyl (C=O) groups is 4. The number of ether oxygens (including phenoxy) is 6. The molecule has 0 amide bonds. The van der Waals surface area contributed by atoms with Gasteiger partial charge in [0.05, 0.1) is 5.39 Å². The first-order valence-corrected chi connectivity index (χ1v) is 10.8. The summed E-state index contributed by atoms with van der Waals surface area (Å²) in [6.07, 6.45) is -7.03. The molecule has 0 radical (unpaired) electrons. The summed E-state index contributed by atoms with van der Waals surface area (Å²) in [5.41, 5.74) is -1.36. The number of benzene rings is 1. The van der Waals surface area contributed by atoms with Gasteiger partial charge in [-0.05, 0) is 12.1 Å². The van der Waals surface area contributed by atoms with Crippen LogP contribution in [0.5, 0.6) is 17.2 Å². The van der Waals surface area contributed by atoms with Crippen LogP contribution in [0.25, 0.3) is 11.0 Å². The fourth-order valence-electron chi connectivity index (χ4n) is 3.65. The Labute approximate surface area is 208 Å². The van der Waals surface area contributed by atoms with Crippen molar-refractivity contribution in [3.05, 3.63) is 28.6 Å². The van der Waals surface area contributed by atoms with Crippen molar-refractivity contribution in [2.45, 2.75) is 58.4 Å². The van der Waals surface area contributed by atoms with Crippen molar-refractivity contribution in [3.8, 4) is 17.2 Å². The van der Waals surface area contributed by atoms with E-state index in [9.17, 15) is 34.2 Å². The number of esters is 4. The van der Waals surface area contributed by atoms with Gasteiger partial charge in [-0.2, -0.15) is 0 Å². The van der Waals surface area contributed by atoms with E-state index in [0.717, 1.165) is 27.7 Å². The van der Waals surface area contributed by atoms with Gasteiger partial charge in [0.15, 0.2) is 18.0 Å². The molecule has 0 spiro atoms. The Morgan fingerprint density at radius 2 is 1.43 bits per heavy atom. The Bertz CT molecular complexity index is 1260. The molecule has 0 aliphatic carbocycles. The van der Waals surface area contributed by atoms with Crippen molar-refractivity contribution < 1.29 is 62.2 Å². The van der Waals surface area contributed by atoms with Crippen LogP contribution >= 0.6 is 0 Å². The molecule has 0 saturated carbocycles. The quantitative estimate of drug-likeness (QED) is 0.291. The second kappa shape index (κ2) is 11.2. The predicted octanol–water partition coefficient (Wildman–Crippen LogP) is 0.666. The molecule has 0 bridgehead atoms. The zero-order valence-electron chi connectivity index (χ0n) is 20.1. The van der Waals surface area contributed by atoms with E-state index in [2.05, 4.69) is 0 Å². The van der Waals surface area contributed by atoms with Crippen LogP contribution in [-0.4, -0.2) is 71.4 Å². The van der Waals surface area contributed by atoms with Crippen molar-refractivity contribution >= 4 is 34.8 Å². The average Bonchev–Trinajstić information content (AvgIpc) is 2.79. The Morgan fingerprint density at radius 1 is 0.838 bits per heavy atom. The van der Waals surface area contributed by atoms with E-state index in [1.54, 1.807) is 0 Å². The Hall–Kier alpha value is -4.33. The Kier molecular flexibility index (Phi) is 8.22. The summed E-state index contributed by atoms with van der Waals surface area (Å²) in [5.74, 6) is -4.79. The van der Waals surface area contributed by atoms with Crippen LogP contribution in [0.1, 0.15) is 27.7 Å². The highest BCUT2D eigenvalue weighted by atomic mass is 16.7. The van der Waals surface area contributed by atoms with Gasteiger partial charge in [-0.25, -0.2) is 4.79 Å². The van der Waals surface area contributed by atoms with Crippen LogP contribution in [-0.2, 0) is 42.9 Å². The van der Waals surface area contributed by atoms with Gasteiger partial charge in [-0.1, -0.05) is 0 Å². The van der Waals surface area contributed by atoms with Gasteiger partial charge in [0.1, 0.15) is 24.0 Å². The molecule has 37 heavy (non-hydrogen) atoms. The molecule has 200 valence electrons. The Morgan fingerprint density at radius 3 is 2.03 bits per heavy atom. The van der Waals surface area contributed by atoms with E-state index in [4.69, 9.17) is 32.8 Å². The molecule has 2 N–H and O–H groups in total. The molecule has 1 saturated heterocycles. The molecule has 5 atom stereocenters. The molecule has 3 rings (SSSR count). The van der Waals surface area contributed by atoms with Crippen molar-refractivity contribution in [1.29, 1.82) is 0 Å². The minimum Gasteiger partial charge on any atom is -0.504 e. The van der Waals surface area contributed by atoms with Crippen LogP contribution in [0.15, 0.2) is 27.4 Å². The standard InChI is InChI=1S/C23H24O14/c1-9(24)31-8-16-19(32-10(2)25)20(33-11(3)26)21(34-12(4)27)23(37-16)35-13-5-6-14-15(7-13)36-22(30)18(29)17(14)28/h5-7,16,19-21,23,28-29H,8H2,1-4H3/t16-,19+,20+,21-,23-/m1/s1. The summed E-state index contributed by atoms with van der Waals surface area (Å²) in [6, 6.07) is 3.77. The molecule has 1 aliphatic rings. The summed E-state index contributed by atoms with van der Waals surface area (Å²) >= 11 is 0. The fraction of sp³-hybridized carbons (Fsp3) is 0.435. The molecule has 2 heterocycles. The second-order valence-corrected chi connectivity index (χ2v) is 7.93. The van der Waals surface area contributed by atoms with Crippen LogP contribution in [0, 0.1) is 0 Å². The molecule has 1 aromatic heterocycles. The molecule has 1 aromatic carbocycles. The fourth-order valence-corrected chi connectivity index (χ4v) is 3.65. The smallest absolute Gasteiger partial charge is 0.382 e. The van der Waals surface area contributed by atoms with E-state index < -0.39 is 78.3 Å². The highest BCUT2D eigenvalue weighted by molar-refractivity contribution is 5.86. The zero-order valence-corrected chi connectivity index (χ0v) is 20.1. The van der Waals surface area contributed by atoms with Crippen molar-refractivity contribution in [2.75, 3.05) is 6.61 Å². The molecule has 14 heteroatoms. The van der Waals surface area contributed by atoms with E-state index in [-0.39, 0.29) is 16.7 Å². The third-order valence-corrected chi connectivity index (χ3v) is 5.03. The second-order valence-electron chi connectivity index (χ2n) is 7.93. The number of aromatic hydroxyl groups is 2. The first kappa shape index (κ1) is 27.3. The lowest BCUT2D eigenvalue weighted by atomic mass is 9.98. The van der Waals surface area contributed by atoms with Crippen LogP contribution in [0.3, 0.4) is 0 Å². The van der Waals surface area contributed by atoms with Gasteiger partial charge in [0.2, 0.25) is 18.1 Å². The minimum atomic E-state index is -1.52. The number of carbonyl (C=O) groups excluding carboxylic acids is 4. The minimum absolute atomic E-state index is 0.00834. The third-order valence-electron chi connectivity index (χ3n) is 5.03. The molecule has 1 fully saturated rings. The number of hydrogen-bond acceptors (Lipinski definition) is 14. The first-order chi connectivity index (χ1) is 17.4. The number of fused-ring (bicyclic) bond motifs is 1. The van der Waals surface area contributed by atoms with Gasteiger partial charge < -0.3 is 43.1 Å². The highest BCUT2D eigenvalue weighted by Crippen LogP contribution is 2.35. The van der Waals surface area contributed by atoms with Crippen LogP contribution < -0.4 is 10.4 Å². The number of hydrogen-bond donors (Lipinski definition) is 2. The van der Waals surface area contributed by atoms with Gasteiger partial charge in [-0.3, -0.25) is 19.2 Å². The summed E-state index contributed by atoms with van der Waals surface area (Å²) < 4.78 is 37.5. The maximum Gasteiger partial charge on any atom is 0.382 e. The molecule has 1 aliphatic heterocycles. The molecular formula is C23H24O14. The first-order valence-electron chi connectivity index (χ1n) is 10.8. The van der Waals surface area contributed by atoms with Gasteiger partial charge in [0, 0.05) is 33.8 Å². The third kappa shape index (κ3) is 6.46. The summed E-state index contributed by atoms with van der Waals surface area (Å²) in [7, 11) is 0. The lowest BCUT2D eigenvalue weighted by molar-refractivity contribution is -0.288. The SMILES string of the molecule is CC(=O)OC[C@H]1O[C@@H](Oc2ccc3c(O)c(O)c(=O)oc3c2)[C@H](OC(C)=O)[C@@H](OC(C)=O)[C@H]1OC(C)=O. The molecule has 2 aromatic rings. The topological polar surface area (TPSA) is 194 Å². The maximum atomic E-state index is 11.9. The number of rotatable bonds is 7. The predicted molar refractivity (Wildman–Crippen MR) is 118 cm³/mol. The average molecular weight is 524 g/mol. The zero-order chi connectivity index (χ0) is 27.4. The van der Waals surface area contributed by atoms with Gasteiger partial charge in [0.25, 0.3) is 0 Å². The van der Waals surface area contributed by atoms with E-state index >= 15 is 0 Å². The largest absolute Gasteiger partial charge is 0.504 e. The van der Waals surface area contributed by atoms with E-state index in [1.807, 2.05) is 0 Å². The van der Waals surface area contributed by atoms with Crippen molar-refractivity contribution in [2.24, 2.45) is 0 Å². The normalized spacial score (nSPS) is 23.1. The molecule has 14 nitrogen and oxygen atoms in total. The summed E-state index contributed by atoms with van der Waals surface area (Å²) in [5, 5.41) is 19.6. The summed E-state index contributed by atoms with van der Waals surface area (Å²) in [4.78, 5) is 58.7. The van der Waals surface area contributed by atoms with E-state index in [0.29, 0.717) is 0 Å². The van der Waals surface area contributed by atoms with Crippen molar-refractivity contribution in [3.63, 3.8) is 0 Å². The lowest BCUT2D eigenvalue weighted by Crippen LogP contribution is -2.63. The molecule has 0 unspecified atom stereocenters. The van der Waals surface area contributed by atoms with E-state index in [1.165, 1.54) is 18.2 Å². The van der Waals surface area contributed by atoms with Crippen LogP contribution in [0.4, 0.5) is 0 Å². The highest BCUT2D eigenvalue weighted by Gasteiger charge is 2.53. The lowest BCUT2D eigenvalue weighted by Gasteiger charge is -2.43. The van der Waals surface area contributed by atoms with Gasteiger partial charge >= 0.3 is 29.5 Å². The van der Waals surface area contributed by atoms with Crippen LogP contribution in [0.2, 0.25) is 0 Å². The monoisotopic (exact) mass is 524 g/mol. The maximum absolute atomic E-state index is 11.9. The summed E-state index contributed by atoms with van der Waals surface area (Å²) in [6.45, 7) is 3.94. The van der Waals surface area contributed by atoms with Gasteiger partial charge in [-0.15, -0.1) is 0 Å². The Balaban J connectivity index is 2.04. The molecular weight excluding hydrogens is 500 g/mol.